The molecule has 3 rings (SSSR count). The number of halogens is 3. The van der Waals surface area contributed by atoms with E-state index in [2.05, 4.69) is 32.0 Å². The van der Waals surface area contributed by atoms with Gasteiger partial charge in [-0.15, -0.1) is 0 Å². The van der Waals surface area contributed by atoms with Crippen molar-refractivity contribution in [3.05, 3.63) is 29.6 Å². The quantitative estimate of drug-likeness (QED) is 0.402. The van der Waals surface area contributed by atoms with E-state index in [1.54, 1.807) is 0 Å². The third-order valence-corrected chi connectivity index (χ3v) is 5.39. The summed E-state index contributed by atoms with van der Waals surface area (Å²) in [4.78, 5) is 14.7. The molecule has 28 heavy (non-hydrogen) atoms. The monoisotopic (exact) mass is 489 g/mol. The molecule has 0 saturated heterocycles. The summed E-state index contributed by atoms with van der Waals surface area (Å²) in [6.07, 6.45) is 13.0. The molecule has 3 nitrogen and oxygen atoms in total. The van der Waals surface area contributed by atoms with Gasteiger partial charge in [0.2, 0.25) is 0 Å². The van der Waals surface area contributed by atoms with Gasteiger partial charge in [0.1, 0.15) is 0 Å². The summed E-state index contributed by atoms with van der Waals surface area (Å²) in [5.41, 5.74) is 4.18. The van der Waals surface area contributed by atoms with Crippen LogP contribution in [-0.2, 0) is 16.8 Å². The Labute approximate surface area is 199 Å². The molecule has 1 aromatic heterocycles. The first kappa shape index (κ1) is 30.1. The first-order valence-electron chi connectivity index (χ1n) is 9.79. The minimum Gasteiger partial charge on any atom is -1.00 e. The summed E-state index contributed by atoms with van der Waals surface area (Å²) in [5, 5.41) is 0. The SMILES string of the molecule is CC(=NC1CCCCC1)c1cccc(C(C)=NC2CCCCC2)n1.[Cl-].[Cl-].[Cl-].[Co+3]. The molecule has 0 radical (unpaired) electrons. The standard InChI is InChI=1S/C21H31N3.3ClH.Co/c1-16(22-18-10-5-3-6-11-18)20-14-9-15-21(24-20)17(2)23-19-12-7-4-8-13-19;;;;/h9,14-15,18-19H,3-8,10-13H2,1-2H3;3*1H;/q;;;;+3/p-3. The van der Waals surface area contributed by atoms with E-state index >= 15 is 0 Å². The average Bonchev–Trinajstić information content (AvgIpc) is 2.63. The van der Waals surface area contributed by atoms with E-state index in [9.17, 15) is 0 Å². The summed E-state index contributed by atoms with van der Waals surface area (Å²) >= 11 is 0. The molecule has 0 aromatic carbocycles. The van der Waals surface area contributed by atoms with Crippen LogP contribution in [0.3, 0.4) is 0 Å². The van der Waals surface area contributed by atoms with Crippen LogP contribution >= 0.6 is 0 Å². The van der Waals surface area contributed by atoms with Crippen LogP contribution in [0.1, 0.15) is 89.4 Å². The van der Waals surface area contributed by atoms with E-state index in [1.807, 2.05) is 0 Å². The van der Waals surface area contributed by atoms with Gasteiger partial charge in [-0.05, 0) is 51.7 Å². The molecular weight excluding hydrogens is 460 g/mol. The van der Waals surface area contributed by atoms with Crippen molar-refractivity contribution in [3.8, 4) is 0 Å². The van der Waals surface area contributed by atoms with Gasteiger partial charge >= 0.3 is 16.8 Å². The molecule has 2 fully saturated rings. The number of rotatable bonds is 4. The van der Waals surface area contributed by atoms with Crippen molar-refractivity contribution in [1.29, 1.82) is 0 Å². The Kier molecular flexibility index (Phi) is 16.8. The van der Waals surface area contributed by atoms with Crippen LogP contribution in [0.4, 0.5) is 0 Å². The summed E-state index contributed by atoms with van der Waals surface area (Å²) < 4.78 is 0. The normalized spacial score (nSPS) is 18.8. The van der Waals surface area contributed by atoms with Crippen LogP contribution in [0.5, 0.6) is 0 Å². The van der Waals surface area contributed by atoms with E-state index < -0.39 is 0 Å². The van der Waals surface area contributed by atoms with Gasteiger partial charge < -0.3 is 37.2 Å². The molecule has 0 N–H and O–H groups in total. The number of nitrogens with zero attached hydrogens (tertiary/aromatic N) is 3. The molecule has 2 aliphatic carbocycles. The molecule has 0 bridgehead atoms. The van der Waals surface area contributed by atoms with Gasteiger partial charge in [0.05, 0.1) is 34.9 Å². The van der Waals surface area contributed by atoms with Gasteiger partial charge in [-0.1, -0.05) is 44.6 Å². The number of hydrogen-bond donors (Lipinski definition) is 0. The van der Waals surface area contributed by atoms with E-state index in [-0.39, 0.29) is 54.0 Å². The molecular formula is C21H31Cl3CoN3. The number of hydrogen-bond acceptors (Lipinski definition) is 3. The van der Waals surface area contributed by atoms with Crippen LogP contribution in [0.15, 0.2) is 28.2 Å². The Hall–Kier alpha value is -0.134. The molecule has 0 atom stereocenters. The van der Waals surface area contributed by atoms with Crippen molar-refractivity contribution < 1.29 is 54.0 Å². The third kappa shape index (κ3) is 9.13. The number of pyridine rings is 1. The Balaban J connectivity index is 0. The summed E-state index contributed by atoms with van der Waals surface area (Å²) in [5.74, 6) is 0. The fourth-order valence-electron chi connectivity index (χ4n) is 3.94. The van der Waals surface area contributed by atoms with Crippen molar-refractivity contribution in [1.82, 2.24) is 4.98 Å². The van der Waals surface area contributed by atoms with Crippen LogP contribution in [-0.4, -0.2) is 28.5 Å². The molecule has 0 unspecified atom stereocenters. The fourth-order valence-corrected chi connectivity index (χ4v) is 3.94. The minimum atomic E-state index is 0. The van der Waals surface area contributed by atoms with Crippen molar-refractivity contribution in [2.24, 2.45) is 9.98 Å². The van der Waals surface area contributed by atoms with Crippen molar-refractivity contribution in [2.75, 3.05) is 0 Å². The first-order valence-corrected chi connectivity index (χ1v) is 9.79. The zero-order valence-electron chi connectivity index (χ0n) is 16.8. The Morgan fingerprint density at radius 3 is 1.43 bits per heavy atom. The van der Waals surface area contributed by atoms with Gasteiger partial charge in [0.25, 0.3) is 0 Å². The molecule has 0 aliphatic heterocycles. The third-order valence-electron chi connectivity index (χ3n) is 5.39. The Morgan fingerprint density at radius 2 is 1.07 bits per heavy atom. The van der Waals surface area contributed by atoms with Crippen LogP contribution < -0.4 is 37.2 Å². The number of aliphatic imine (C=N–C) groups is 2. The summed E-state index contributed by atoms with van der Waals surface area (Å²) in [6, 6.07) is 7.26. The van der Waals surface area contributed by atoms with Crippen molar-refractivity contribution in [2.45, 2.75) is 90.1 Å². The van der Waals surface area contributed by atoms with E-state index in [4.69, 9.17) is 15.0 Å². The topological polar surface area (TPSA) is 37.6 Å². The van der Waals surface area contributed by atoms with Gasteiger partial charge in [-0.3, -0.25) is 9.98 Å². The van der Waals surface area contributed by atoms with Gasteiger partial charge in [-0.25, -0.2) is 4.98 Å². The smallest absolute Gasteiger partial charge is 1.00 e. The molecule has 2 saturated carbocycles. The van der Waals surface area contributed by atoms with Crippen molar-refractivity contribution >= 4 is 11.4 Å². The maximum atomic E-state index is 4.94. The minimum absolute atomic E-state index is 0. The summed E-state index contributed by atoms with van der Waals surface area (Å²) in [7, 11) is 0. The first-order chi connectivity index (χ1) is 11.7. The van der Waals surface area contributed by atoms with Gasteiger partial charge in [-0.2, -0.15) is 0 Å². The average molecular weight is 491 g/mol. The van der Waals surface area contributed by atoms with E-state index in [0.29, 0.717) is 12.1 Å². The van der Waals surface area contributed by atoms with Gasteiger partial charge in [0, 0.05) is 0 Å². The zero-order valence-corrected chi connectivity index (χ0v) is 20.1. The fraction of sp³-hybridized carbons (Fsp3) is 0.667. The number of aromatic nitrogens is 1. The maximum Gasteiger partial charge on any atom is 3.00 e. The molecule has 1 heterocycles. The Bertz CT molecular complexity index is 561. The van der Waals surface area contributed by atoms with Crippen LogP contribution in [0, 0.1) is 0 Å². The predicted molar refractivity (Wildman–Crippen MR) is 102 cm³/mol. The second kappa shape index (κ2) is 15.7. The van der Waals surface area contributed by atoms with Crippen LogP contribution in [0.2, 0.25) is 0 Å². The molecule has 1 aromatic rings. The van der Waals surface area contributed by atoms with Gasteiger partial charge in [0.15, 0.2) is 0 Å². The molecule has 7 heteroatoms. The van der Waals surface area contributed by atoms with Crippen LogP contribution in [0.25, 0.3) is 0 Å². The largest absolute Gasteiger partial charge is 3.00 e. The predicted octanol–water partition coefficient (Wildman–Crippen LogP) is -3.63. The molecule has 0 spiro atoms. The van der Waals surface area contributed by atoms with Crippen molar-refractivity contribution in [3.63, 3.8) is 0 Å². The molecule has 2 aliphatic rings. The second-order valence-corrected chi connectivity index (χ2v) is 7.42. The molecule has 160 valence electrons. The molecule has 0 amide bonds. The maximum absolute atomic E-state index is 4.94. The zero-order chi connectivity index (χ0) is 16.8. The summed E-state index contributed by atoms with van der Waals surface area (Å²) in [6.45, 7) is 4.21. The second-order valence-electron chi connectivity index (χ2n) is 7.42. The van der Waals surface area contributed by atoms with E-state index in [0.717, 1.165) is 22.8 Å². The van der Waals surface area contributed by atoms with E-state index in [1.165, 1.54) is 64.2 Å². The Morgan fingerprint density at radius 1 is 0.714 bits per heavy atom.